The monoisotopic (exact) mass is 414 g/mol. The maximum absolute atomic E-state index is 13.3. The molecule has 7 nitrogen and oxygen atoms in total. The number of para-hydroxylation sites is 3. The van der Waals surface area contributed by atoms with Gasteiger partial charge in [0.25, 0.3) is 5.91 Å². The van der Waals surface area contributed by atoms with Crippen molar-refractivity contribution in [2.45, 2.75) is 25.9 Å². The van der Waals surface area contributed by atoms with Crippen LogP contribution in [0.4, 0.5) is 5.69 Å². The third-order valence-corrected chi connectivity index (χ3v) is 5.59. The lowest BCUT2D eigenvalue weighted by molar-refractivity contribution is -0.119. The number of furan rings is 1. The minimum Gasteiger partial charge on any atom is -0.459 e. The molecule has 2 aromatic heterocycles. The molecule has 1 aliphatic rings. The number of hydrogen-bond donors (Lipinski definition) is 1. The van der Waals surface area contributed by atoms with Gasteiger partial charge in [-0.1, -0.05) is 30.3 Å². The molecule has 0 radical (unpaired) electrons. The average molecular weight is 414 g/mol. The molecule has 2 amide bonds. The van der Waals surface area contributed by atoms with Crippen molar-refractivity contribution in [3.8, 4) is 0 Å². The summed E-state index contributed by atoms with van der Waals surface area (Å²) in [6, 6.07) is 19.0. The zero-order valence-corrected chi connectivity index (χ0v) is 17.0. The first-order chi connectivity index (χ1) is 15.2. The molecule has 1 N–H and O–H groups in total. The number of aromatic nitrogens is 2. The van der Waals surface area contributed by atoms with Crippen LogP contribution in [0.3, 0.4) is 0 Å². The van der Waals surface area contributed by atoms with Gasteiger partial charge in [0.1, 0.15) is 12.4 Å². The van der Waals surface area contributed by atoms with Crippen LogP contribution in [0.1, 0.15) is 28.4 Å². The molecule has 0 saturated carbocycles. The molecule has 0 atom stereocenters. The predicted octanol–water partition coefficient (Wildman–Crippen LogP) is 3.54. The largest absolute Gasteiger partial charge is 0.459 e. The molecule has 0 bridgehead atoms. The second kappa shape index (κ2) is 8.10. The summed E-state index contributed by atoms with van der Waals surface area (Å²) in [6.07, 6.45) is 3.39. The van der Waals surface area contributed by atoms with Gasteiger partial charge in [0.15, 0.2) is 5.76 Å². The van der Waals surface area contributed by atoms with E-state index in [-0.39, 0.29) is 30.7 Å². The number of fused-ring (bicyclic) bond motifs is 2. The number of anilines is 1. The summed E-state index contributed by atoms with van der Waals surface area (Å²) in [7, 11) is 0. The number of carbonyl (C=O) groups excluding carboxylic acids is 2. The number of nitrogens with one attached hydrogen (secondary N) is 1. The number of rotatable bonds is 5. The number of amides is 2. The van der Waals surface area contributed by atoms with Crippen molar-refractivity contribution in [1.29, 1.82) is 0 Å². The predicted molar refractivity (Wildman–Crippen MR) is 117 cm³/mol. The summed E-state index contributed by atoms with van der Waals surface area (Å²) in [6.45, 7) is 1.05. The van der Waals surface area contributed by atoms with E-state index in [1.165, 1.54) is 11.8 Å². The van der Waals surface area contributed by atoms with Gasteiger partial charge in [0.05, 0.1) is 23.8 Å². The Labute approximate surface area is 179 Å². The van der Waals surface area contributed by atoms with Gasteiger partial charge in [-0.05, 0) is 48.7 Å². The molecule has 4 aromatic rings. The van der Waals surface area contributed by atoms with E-state index in [0.717, 1.165) is 29.6 Å². The second-order valence-electron chi connectivity index (χ2n) is 7.54. The van der Waals surface area contributed by atoms with Crippen LogP contribution in [0.5, 0.6) is 0 Å². The van der Waals surface area contributed by atoms with Crippen molar-refractivity contribution >= 4 is 28.5 Å². The topological polar surface area (TPSA) is 80.4 Å². The SMILES string of the molecule is O=C(NCc1nc2ccccc2n1CC(=O)N1CCCc2ccccc21)c1ccco1. The fourth-order valence-electron chi connectivity index (χ4n) is 4.10. The smallest absolute Gasteiger partial charge is 0.287 e. The molecule has 156 valence electrons. The van der Waals surface area contributed by atoms with E-state index in [4.69, 9.17) is 4.42 Å². The van der Waals surface area contributed by atoms with Gasteiger partial charge in [-0.2, -0.15) is 0 Å². The fraction of sp³-hybridized carbons (Fsp3) is 0.208. The molecule has 0 fully saturated rings. The lowest BCUT2D eigenvalue weighted by Crippen LogP contribution is -2.38. The molecule has 5 rings (SSSR count). The summed E-state index contributed by atoms with van der Waals surface area (Å²) in [5.74, 6) is 0.553. The Morgan fingerprint density at radius 2 is 1.87 bits per heavy atom. The van der Waals surface area contributed by atoms with Gasteiger partial charge in [-0.25, -0.2) is 4.98 Å². The molecule has 2 aromatic carbocycles. The summed E-state index contributed by atoms with van der Waals surface area (Å²) >= 11 is 0. The van der Waals surface area contributed by atoms with Gasteiger partial charge < -0.3 is 19.2 Å². The van der Waals surface area contributed by atoms with Gasteiger partial charge in [-0.3, -0.25) is 9.59 Å². The van der Waals surface area contributed by atoms with Gasteiger partial charge in [0.2, 0.25) is 5.91 Å². The van der Waals surface area contributed by atoms with Crippen molar-refractivity contribution in [2.24, 2.45) is 0 Å². The first kappa shape index (κ1) is 19.1. The van der Waals surface area contributed by atoms with Crippen LogP contribution in [0.25, 0.3) is 11.0 Å². The van der Waals surface area contributed by atoms with Crippen LogP contribution in [-0.4, -0.2) is 27.9 Å². The van der Waals surface area contributed by atoms with Crippen molar-refractivity contribution in [3.05, 3.63) is 84.1 Å². The lowest BCUT2D eigenvalue weighted by atomic mass is 10.0. The highest BCUT2D eigenvalue weighted by Crippen LogP contribution is 2.27. The van der Waals surface area contributed by atoms with Crippen molar-refractivity contribution in [3.63, 3.8) is 0 Å². The lowest BCUT2D eigenvalue weighted by Gasteiger charge is -2.29. The van der Waals surface area contributed by atoms with Crippen LogP contribution in [0.2, 0.25) is 0 Å². The summed E-state index contributed by atoms with van der Waals surface area (Å²) in [5, 5.41) is 2.83. The molecule has 0 spiro atoms. The summed E-state index contributed by atoms with van der Waals surface area (Å²) in [5.41, 5.74) is 3.83. The van der Waals surface area contributed by atoms with Gasteiger partial charge >= 0.3 is 0 Å². The van der Waals surface area contributed by atoms with Gasteiger partial charge in [-0.15, -0.1) is 0 Å². The van der Waals surface area contributed by atoms with E-state index in [0.29, 0.717) is 12.4 Å². The van der Waals surface area contributed by atoms with Crippen LogP contribution in [-0.2, 0) is 24.3 Å². The maximum Gasteiger partial charge on any atom is 0.287 e. The Morgan fingerprint density at radius 3 is 2.74 bits per heavy atom. The molecular formula is C24H22N4O3. The molecule has 7 heteroatoms. The number of nitrogens with zero attached hydrogens (tertiary/aromatic N) is 3. The molecule has 1 aliphatic heterocycles. The van der Waals surface area contributed by atoms with Crippen molar-refractivity contribution < 1.29 is 14.0 Å². The number of benzene rings is 2. The minimum absolute atomic E-state index is 0.00825. The Morgan fingerprint density at radius 1 is 1.03 bits per heavy atom. The fourth-order valence-corrected chi connectivity index (χ4v) is 4.10. The first-order valence-corrected chi connectivity index (χ1v) is 10.3. The first-order valence-electron chi connectivity index (χ1n) is 10.3. The zero-order chi connectivity index (χ0) is 21.2. The van der Waals surface area contributed by atoms with E-state index in [2.05, 4.69) is 16.4 Å². The van der Waals surface area contributed by atoms with Crippen LogP contribution < -0.4 is 10.2 Å². The number of carbonyl (C=O) groups is 2. The van der Waals surface area contributed by atoms with E-state index >= 15 is 0 Å². The average Bonchev–Trinajstić information content (AvgIpc) is 3.46. The highest BCUT2D eigenvalue weighted by Gasteiger charge is 2.24. The normalized spacial score (nSPS) is 13.2. The van der Waals surface area contributed by atoms with Crippen LogP contribution in [0, 0.1) is 0 Å². The number of aryl methyl sites for hydroxylation is 1. The second-order valence-corrected chi connectivity index (χ2v) is 7.54. The van der Waals surface area contributed by atoms with Crippen LogP contribution >= 0.6 is 0 Å². The molecule has 0 unspecified atom stereocenters. The highest BCUT2D eigenvalue weighted by atomic mass is 16.3. The number of hydrogen-bond acceptors (Lipinski definition) is 4. The Hall–Kier alpha value is -3.87. The Bertz CT molecular complexity index is 1240. The summed E-state index contributed by atoms with van der Waals surface area (Å²) < 4.78 is 7.04. The van der Waals surface area contributed by atoms with E-state index < -0.39 is 0 Å². The van der Waals surface area contributed by atoms with Crippen LogP contribution in [0.15, 0.2) is 71.3 Å². The molecule has 0 aliphatic carbocycles. The van der Waals surface area contributed by atoms with E-state index in [9.17, 15) is 9.59 Å². The standard InChI is InChI=1S/C24H22N4O3/c29-23(27-13-5-8-17-7-1-3-10-19(17)27)16-28-20-11-4-2-9-18(20)26-22(28)15-25-24(30)21-12-6-14-31-21/h1-4,6-7,9-12,14H,5,8,13,15-16H2,(H,25,30). The third-order valence-electron chi connectivity index (χ3n) is 5.59. The third kappa shape index (κ3) is 3.70. The van der Waals surface area contributed by atoms with Crippen molar-refractivity contribution in [2.75, 3.05) is 11.4 Å². The maximum atomic E-state index is 13.3. The van der Waals surface area contributed by atoms with E-state index in [1.807, 2.05) is 51.9 Å². The Balaban J connectivity index is 1.42. The zero-order valence-electron chi connectivity index (χ0n) is 17.0. The molecule has 3 heterocycles. The highest BCUT2D eigenvalue weighted by molar-refractivity contribution is 5.95. The Kier molecular flexibility index (Phi) is 5.00. The number of imidazole rings is 1. The van der Waals surface area contributed by atoms with Gasteiger partial charge in [0, 0.05) is 12.2 Å². The minimum atomic E-state index is -0.320. The molecule has 0 saturated heterocycles. The molecular weight excluding hydrogens is 392 g/mol. The quantitative estimate of drug-likeness (QED) is 0.542. The van der Waals surface area contributed by atoms with E-state index in [1.54, 1.807) is 12.1 Å². The van der Waals surface area contributed by atoms with Crippen molar-refractivity contribution in [1.82, 2.24) is 14.9 Å². The molecule has 31 heavy (non-hydrogen) atoms. The summed E-state index contributed by atoms with van der Waals surface area (Å²) in [4.78, 5) is 32.1.